The van der Waals surface area contributed by atoms with Crippen LogP contribution >= 0.6 is 15.9 Å². The summed E-state index contributed by atoms with van der Waals surface area (Å²) in [6.07, 6.45) is 0.744. The molecule has 0 fully saturated rings. The van der Waals surface area contributed by atoms with Crippen LogP contribution in [0.15, 0.2) is 4.47 Å². The lowest BCUT2D eigenvalue weighted by Gasteiger charge is -1.95. The van der Waals surface area contributed by atoms with Crippen LogP contribution in [0.25, 0.3) is 0 Å². The van der Waals surface area contributed by atoms with Crippen LogP contribution in [0, 0.1) is 0 Å². The Morgan fingerprint density at radius 1 is 1.67 bits per heavy atom. The summed E-state index contributed by atoms with van der Waals surface area (Å²) in [7, 11) is 1.65. The highest BCUT2D eigenvalue weighted by atomic mass is 79.9. The molecular formula is C7H11BrN2O2. The van der Waals surface area contributed by atoms with Crippen LogP contribution in [0.4, 0.5) is 0 Å². The van der Waals surface area contributed by atoms with Crippen molar-refractivity contribution >= 4 is 15.9 Å². The van der Waals surface area contributed by atoms with Crippen LogP contribution in [-0.4, -0.2) is 29.0 Å². The minimum absolute atomic E-state index is 0.0272. The van der Waals surface area contributed by atoms with Crippen LogP contribution in [0.5, 0.6) is 0 Å². The molecule has 0 aromatic carbocycles. The molecule has 12 heavy (non-hydrogen) atoms. The zero-order valence-electron chi connectivity index (χ0n) is 6.80. The Morgan fingerprint density at radius 3 is 2.92 bits per heavy atom. The van der Waals surface area contributed by atoms with Gasteiger partial charge in [0, 0.05) is 13.5 Å². The zero-order chi connectivity index (χ0) is 8.97. The summed E-state index contributed by atoms with van der Waals surface area (Å²) in [6, 6.07) is 0. The van der Waals surface area contributed by atoms with Crippen LogP contribution in [0.1, 0.15) is 11.4 Å². The number of nitrogens with zero attached hydrogens (tertiary/aromatic N) is 1. The van der Waals surface area contributed by atoms with Gasteiger partial charge in [0.15, 0.2) is 0 Å². The first-order chi connectivity index (χ1) is 5.79. The quantitative estimate of drug-likeness (QED) is 0.813. The van der Waals surface area contributed by atoms with Gasteiger partial charge >= 0.3 is 0 Å². The Labute approximate surface area is 79.1 Å². The number of ether oxygens (including phenoxy) is 1. The molecule has 4 nitrogen and oxygen atoms in total. The summed E-state index contributed by atoms with van der Waals surface area (Å²) >= 11 is 3.33. The normalized spacial score (nSPS) is 10.6. The maximum atomic E-state index is 8.82. The molecule has 0 unspecified atom stereocenters. The molecule has 0 bridgehead atoms. The molecule has 1 aromatic heterocycles. The molecule has 0 saturated heterocycles. The number of H-pyrrole nitrogens is 1. The van der Waals surface area contributed by atoms with E-state index in [9.17, 15) is 0 Å². The van der Waals surface area contributed by atoms with Gasteiger partial charge in [-0.05, 0) is 15.9 Å². The lowest BCUT2D eigenvalue weighted by molar-refractivity contribution is 0.201. The maximum absolute atomic E-state index is 8.82. The van der Waals surface area contributed by atoms with Gasteiger partial charge in [0.2, 0.25) is 0 Å². The first-order valence-electron chi connectivity index (χ1n) is 3.61. The molecule has 0 atom stereocenters. The molecule has 68 valence electrons. The van der Waals surface area contributed by atoms with E-state index < -0.39 is 0 Å². The smallest absolute Gasteiger partial charge is 0.0858 e. The number of hydrogen-bond donors (Lipinski definition) is 2. The second-order valence-corrected chi connectivity index (χ2v) is 3.16. The summed E-state index contributed by atoms with van der Waals surface area (Å²) < 4.78 is 5.76. The van der Waals surface area contributed by atoms with E-state index in [-0.39, 0.29) is 6.61 Å². The fraction of sp³-hybridized carbons (Fsp3) is 0.571. The highest BCUT2D eigenvalue weighted by molar-refractivity contribution is 9.10. The van der Waals surface area contributed by atoms with E-state index in [4.69, 9.17) is 9.84 Å². The van der Waals surface area contributed by atoms with Crippen molar-refractivity contribution in [3.8, 4) is 0 Å². The zero-order valence-corrected chi connectivity index (χ0v) is 8.39. The highest BCUT2D eigenvalue weighted by Gasteiger charge is 2.08. The largest absolute Gasteiger partial charge is 0.390 e. The van der Waals surface area contributed by atoms with Crippen molar-refractivity contribution in [2.75, 3.05) is 13.7 Å². The molecule has 2 N–H and O–H groups in total. The Kier molecular flexibility index (Phi) is 3.71. The lowest BCUT2D eigenvalue weighted by atomic mass is 10.3. The van der Waals surface area contributed by atoms with E-state index in [1.54, 1.807) is 7.11 Å². The fourth-order valence-corrected chi connectivity index (χ4v) is 1.38. The van der Waals surface area contributed by atoms with E-state index in [0.717, 1.165) is 16.6 Å². The minimum Gasteiger partial charge on any atom is -0.390 e. The standard InChI is InChI=1S/C7H11BrN2O2/c1-12-3-2-5-7(8)6(4-11)10-9-5/h11H,2-4H2,1H3,(H,9,10). The van der Waals surface area contributed by atoms with Crippen LogP contribution in [0.3, 0.4) is 0 Å². The summed E-state index contributed by atoms with van der Waals surface area (Å²) in [5, 5.41) is 15.6. The van der Waals surface area contributed by atoms with E-state index in [0.29, 0.717) is 12.3 Å². The molecule has 0 spiro atoms. The van der Waals surface area contributed by atoms with Crippen molar-refractivity contribution in [1.82, 2.24) is 10.2 Å². The third-order valence-corrected chi connectivity index (χ3v) is 2.48. The minimum atomic E-state index is -0.0272. The van der Waals surface area contributed by atoms with Gasteiger partial charge in [-0.25, -0.2) is 0 Å². The first-order valence-corrected chi connectivity index (χ1v) is 4.40. The SMILES string of the molecule is COCCc1n[nH]c(CO)c1Br. The Bertz CT molecular complexity index is 250. The predicted molar refractivity (Wildman–Crippen MR) is 47.8 cm³/mol. The van der Waals surface area contributed by atoms with E-state index in [1.807, 2.05) is 0 Å². The van der Waals surface area contributed by atoms with Gasteiger partial charge in [0.05, 0.1) is 29.1 Å². The number of aliphatic hydroxyl groups is 1. The number of nitrogens with one attached hydrogen (secondary N) is 1. The monoisotopic (exact) mass is 234 g/mol. The van der Waals surface area contributed by atoms with Gasteiger partial charge < -0.3 is 9.84 Å². The molecule has 0 aliphatic rings. The number of halogens is 1. The summed E-state index contributed by atoms with van der Waals surface area (Å²) in [6.45, 7) is 0.606. The summed E-state index contributed by atoms with van der Waals surface area (Å²) in [4.78, 5) is 0. The van der Waals surface area contributed by atoms with E-state index in [2.05, 4.69) is 26.1 Å². The van der Waals surface area contributed by atoms with Crippen LogP contribution < -0.4 is 0 Å². The van der Waals surface area contributed by atoms with Gasteiger partial charge in [-0.3, -0.25) is 5.10 Å². The Morgan fingerprint density at radius 2 is 2.42 bits per heavy atom. The average Bonchev–Trinajstić information content (AvgIpc) is 2.43. The number of hydrogen-bond acceptors (Lipinski definition) is 3. The number of aromatic nitrogens is 2. The van der Waals surface area contributed by atoms with Crippen molar-refractivity contribution < 1.29 is 9.84 Å². The number of methoxy groups -OCH3 is 1. The topological polar surface area (TPSA) is 58.1 Å². The molecule has 0 radical (unpaired) electrons. The van der Waals surface area contributed by atoms with Gasteiger partial charge in [-0.1, -0.05) is 0 Å². The second-order valence-electron chi connectivity index (χ2n) is 2.36. The third-order valence-electron chi connectivity index (χ3n) is 1.55. The number of aromatic amines is 1. The Hall–Kier alpha value is -0.390. The highest BCUT2D eigenvalue weighted by Crippen LogP contribution is 2.19. The molecule has 1 rings (SSSR count). The molecule has 0 amide bonds. The van der Waals surface area contributed by atoms with Gasteiger partial charge in [0.1, 0.15) is 0 Å². The van der Waals surface area contributed by atoms with Gasteiger partial charge in [-0.15, -0.1) is 0 Å². The molecule has 1 aromatic rings. The van der Waals surface area contributed by atoms with Crippen molar-refractivity contribution in [3.05, 3.63) is 15.9 Å². The maximum Gasteiger partial charge on any atom is 0.0858 e. The molecule has 1 heterocycles. The average molecular weight is 235 g/mol. The lowest BCUT2D eigenvalue weighted by Crippen LogP contribution is -1.95. The van der Waals surface area contributed by atoms with Crippen LogP contribution in [0.2, 0.25) is 0 Å². The van der Waals surface area contributed by atoms with Crippen LogP contribution in [-0.2, 0) is 17.8 Å². The fourth-order valence-electron chi connectivity index (χ4n) is 0.876. The van der Waals surface area contributed by atoms with Gasteiger partial charge in [0.25, 0.3) is 0 Å². The second kappa shape index (κ2) is 4.59. The molecule has 0 aliphatic heterocycles. The molecular weight excluding hydrogens is 224 g/mol. The van der Waals surface area contributed by atoms with Crippen molar-refractivity contribution in [2.45, 2.75) is 13.0 Å². The Balaban J connectivity index is 2.66. The molecule has 0 aliphatic carbocycles. The first kappa shape index (κ1) is 9.70. The summed E-state index contributed by atoms with van der Waals surface area (Å²) in [5.74, 6) is 0. The van der Waals surface area contributed by atoms with Crippen molar-refractivity contribution in [2.24, 2.45) is 0 Å². The predicted octanol–water partition coefficient (Wildman–Crippen LogP) is 0.853. The number of rotatable bonds is 4. The van der Waals surface area contributed by atoms with E-state index >= 15 is 0 Å². The van der Waals surface area contributed by atoms with E-state index in [1.165, 1.54) is 0 Å². The van der Waals surface area contributed by atoms with Crippen molar-refractivity contribution in [1.29, 1.82) is 0 Å². The van der Waals surface area contributed by atoms with Crippen molar-refractivity contribution in [3.63, 3.8) is 0 Å². The molecule has 0 saturated carbocycles. The van der Waals surface area contributed by atoms with Gasteiger partial charge in [-0.2, -0.15) is 5.10 Å². The third kappa shape index (κ3) is 2.06. The molecule has 5 heteroatoms. The number of aliphatic hydroxyl groups excluding tert-OH is 1. The summed E-state index contributed by atoms with van der Waals surface area (Å²) in [5.41, 5.74) is 1.60.